The lowest BCUT2D eigenvalue weighted by Crippen LogP contribution is -2.33. The third kappa shape index (κ3) is 13.9. The fourth-order valence-electron chi connectivity index (χ4n) is 8.08. The molecule has 1 heterocycles. The van der Waals surface area contributed by atoms with Crippen LogP contribution in [0.1, 0.15) is 74.4 Å². The Morgan fingerprint density at radius 3 is 2.32 bits per heavy atom. The lowest BCUT2D eigenvalue weighted by Gasteiger charge is -2.22. The molecule has 4 aromatic carbocycles. The van der Waals surface area contributed by atoms with E-state index >= 15 is 0 Å². The van der Waals surface area contributed by atoms with Gasteiger partial charge < -0.3 is 5.32 Å². The molecule has 1 heteroatoms. The number of nitrogens with one attached hydrogen (secondary N) is 1. The van der Waals surface area contributed by atoms with Crippen molar-refractivity contribution in [3.8, 4) is 0 Å². The van der Waals surface area contributed by atoms with Gasteiger partial charge in [0.15, 0.2) is 0 Å². The summed E-state index contributed by atoms with van der Waals surface area (Å²) in [5.41, 5.74) is 17.2. The molecule has 0 radical (unpaired) electrons. The van der Waals surface area contributed by atoms with Gasteiger partial charge in [0.1, 0.15) is 0 Å². The highest BCUT2D eigenvalue weighted by atomic mass is 14.9. The minimum Gasteiger partial charge on any atom is -0.381 e. The summed E-state index contributed by atoms with van der Waals surface area (Å²) in [6, 6.07) is 33.1. The Morgan fingerprint density at radius 2 is 1.53 bits per heavy atom. The summed E-state index contributed by atoms with van der Waals surface area (Å²) < 4.78 is 0. The molecule has 0 bridgehead atoms. The quantitative estimate of drug-likeness (QED) is 0.165. The molecule has 0 amide bonds. The van der Waals surface area contributed by atoms with Gasteiger partial charge in [-0.1, -0.05) is 246 Å². The van der Waals surface area contributed by atoms with E-state index in [4.69, 9.17) is 6.58 Å². The predicted molar refractivity (Wildman–Crippen MR) is 294 cm³/mol. The van der Waals surface area contributed by atoms with E-state index in [9.17, 15) is 0 Å². The van der Waals surface area contributed by atoms with E-state index in [1.165, 1.54) is 82.9 Å². The van der Waals surface area contributed by atoms with Gasteiger partial charge in [-0.3, -0.25) is 0 Å². The summed E-state index contributed by atoms with van der Waals surface area (Å²) in [6.45, 7) is 25.5. The van der Waals surface area contributed by atoms with E-state index < -0.39 is 0 Å². The highest BCUT2D eigenvalue weighted by Gasteiger charge is 2.20. The van der Waals surface area contributed by atoms with Gasteiger partial charge in [-0.2, -0.15) is 0 Å². The van der Waals surface area contributed by atoms with Gasteiger partial charge in [0.25, 0.3) is 0 Å². The first kappa shape index (κ1) is 49.8. The zero-order chi connectivity index (χ0) is 47.1. The second kappa shape index (κ2) is 26.5. The number of allylic oxidation sites excluding steroid dienone is 22. The first-order chi connectivity index (χ1) is 32.3. The van der Waals surface area contributed by atoms with Gasteiger partial charge in [0.05, 0.1) is 0 Å². The SMILES string of the molecule is C=C/C(C)=C\C=C/C.C=C/C=C\C=C1/CC(C(=C)/C=C\c2cc(/C3=C/C(C)/C=C\C=C/Cc4ccccc43)ccc2C)=c2ccccc2=C1C1=C/Cc2ccccc2NC/C=C/C=C\1.CC. The number of benzene rings is 4. The van der Waals surface area contributed by atoms with E-state index in [2.05, 4.69) is 208 Å². The van der Waals surface area contributed by atoms with Gasteiger partial charge in [0, 0.05) is 12.2 Å². The first-order valence-electron chi connectivity index (χ1n) is 23.5. The maximum atomic E-state index is 4.71. The molecule has 66 heavy (non-hydrogen) atoms. The van der Waals surface area contributed by atoms with Crippen molar-refractivity contribution in [2.45, 2.75) is 60.8 Å². The molecule has 4 aromatic rings. The largest absolute Gasteiger partial charge is 0.381 e. The number of anilines is 1. The lowest BCUT2D eigenvalue weighted by molar-refractivity contribution is 0.940. The summed E-state index contributed by atoms with van der Waals surface area (Å²) >= 11 is 0. The predicted octanol–water partition coefficient (Wildman–Crippen LogP) is 15.8. The van der Waals surface area contributed by atoms with Crippen molar-refractivity contribution in [3.05, 3.63) is 292 Å². The molecule has 7 rings (SSSR count). The standard InChI is InChI=1S/C55H51N.C8H12.C2H6/c1-5-6-9-25-48-39-52(50-27-16-17-28-51(50)55(48)45-24-12-8-19-36-56-54-29-18-14-23-44(54)34-35-45)42(4)31-32-46-38-47(33-30-41(46)3)53-37-40(2)20-10-7-11-21-43-22-13-15-26-49(43)53;1-4-6-7-8(3)5-2;1-2/h5-20,22-33,35,37-38,40,56H,1,4,21,34,36,39H2,2-3H3;4-7H,2H2,1,3H3;1-2H3/b9-6-,11-7-,19-8+,20-10-,24-12-,32-31-,45-35+,48-25+,53-37-;6-4-,8-7-;. The van der Waals surface area contributed by atoms with Crippen LogP contribution in [0, 0.1) is 12.8 Å². The van der Waals surface area contributed by atoms with Crippen molar-refractivity contribution < 1.29 is 0 Å². The van der Waals surface area contributed by atoms with Crippen LogP contribution in [0.3, 0.4) is 0 Å². The number of aryl methyl sites for hydroxylation is 1. The molecule has 3 aliphatic rings. The van der Waals surface area contributed by atoms with Gasteiger partial charge in [-0.15, -0.1) is 0 Å². The summed E-state index contributed by atoms with van der Waals surface area (Å²) in [5, 5.41) is 6.03. The van der Waals surface area contributed by atoms with Crippen molar-refractivity contribution in [2.75, 3.05) is 11.9 Å². The highest BCUT2D eigenvalue weighted by Crippen LogP contribution is 2.34. The molecule has 0 saturated heterocycles. The maximum Gasteiger partial charge on any atom is 0.0378 e. The zero-order valence-electron chi connectivity index (χ0n) is 40.2. The fraction of sp³-hybridized carbons (Fsp3) is 0.169. The normalized spacial score (nSPS) is 20.2. The number of hydrogen-bond donors (Lipinski definition) is 1. The average Bonchev–Trinajstić information content (AvgIpc) is 3.40. The molecule has 0 aromatic heterocycles. The Hall–Kier alpha value is -7.22. The molecule has 0 fully saturated rings. The average molecular weight is 864 g/mol. The third-order valence-corrected chi connectivity index (χ3v) is 11.6. The van der Waals surface area contributed by atoms with Crippen LogP contribution in [0.4, 0.5) is 5.69 Å². The summed E-state index contributed by atoms with van der Waals surface area (Å²) in [5.74, 6) is 0.297. The summed E-state index contributed by atoms with van der Waals surface area (Å²) in [7, 11) is 0. The van der Waals surface area contributed by atoms with E-state index in [0.717, 1.165) is 31.4 Å². The second-order valence-electron chi connectivity index (χ2n) is 16.3. The number of para-hydroxylation sites is 1. The van der Waals surface area contributed by atoms with Crippen molar-refractivity contribution in [1.82, 2.24) is 0 Å². The van der Waals surface area contributed by atoms with Crippen molar-refractivity contribution >= 4 is 28.5 Å². The summed E-state index contributed by atoms with van der Waals surface area (Å²) in [6.07, 6.45) is 45.4. The van der Waals surface area contributed by atoms with Crippen LogP contribution >= 0.6 is 0 Å². The van der Waals surface area contributed by atoms with E-state index in [0.29, 0.717) is 5.92 Å². The number of hydrogen-bond acceptors (Lipinski definition) is 1. The van der Waals surface area contributed by atoms with Crippen molar-refractivity contribution in [3.63, 3.8) is 0 Å². The lowest BCUT2D eigenvalue weighted by atomic mass is 9.82. The van der Waals surface area contributed by atoms with E-state index in [1.807, 2.05) is 64.2 Å². The topological polar surface area (TPSA) is 12.0 Å². The Morgan fingerprint density at radius 1 is 0.788 bits per heavy atom. The molecule has 1 N–H and O–H groups in total. The third-order valence-electron chi connectivity index (χ3n) is 11.6. The molecule has 334 valence electrons. The highest BCUT2D eigenvalue weighted by molar-refractivity contribution is 5.89. The molecule has 0 spiro atoms. The van der Waals surface area contributed by atoms with Gasteiger partial charge in [-0.25, -0.2) is 0 Å². The monoisotopic (exact) mass is 864 g/mol. The Labute approximate surface area is 397 Å². The Balaban J connectivity index is 0.000000739. The van der Waals surface area contributed by atoms with Crippen molar-refractivity contribution in [2.24, 2.45) is 5.92 Å². The number of fused-ring (bicyclic) bond motifs is 3. The molecular formula is C65H69N. The fourth-order valence-corrected chi connectivity index (χ4v) is 8.08. The Kier molecular flexibility index (Phi) is 20.0. The van der Waals surface area contributed by atoms with Gasteiger partial charge >= 0.3 is 0 Å². The molecule has 2 aliphatic carbocycles. The molecule has 1 aliphatic heterocycles. The molecule has 1 nitrogen and oxygen atoms in total. The van der Waals surface area contributed by atoms with E-state index in [-0.39, 0.29) is 0 Å². The molecule has 0 saturated carbocycles. The van der Waals surface area contributed by atoms with Crippen LogP contribution in [-0.4, -0.2) is 6.54 Å². The first-order valence-corrected chi connectivity index (χ1v) is 23.5. The number of rotatable bonds is 9. The van der Waals surface area contributed by atoms with E-state index in [1.54, 1.807) is 0 Å². The van der Waals surface area contributed by atoms with Gasteiger partial charge in [-0.05, 0) is 135 Å². The maximum absolute atomic E-state index is 4.71. The van der Waals surface area contributed by atoms with Crippen LogP contribution in [0.2, 0.25) is 0 Å². The van der Waals surface area contributed by atoms with Gasteiger partial charge in [0.2, 0.25) is 0 Å². The van der Waals surface area contributed by atoms with Crippen LogP contribution in [-0.2, 0) is 12.8 Å². The molecular weight excluding hydrogens is 795 g/mol. The Bertz CT molecular complexity index is 2820. The van der Waals surface area contributed by atoms with Crippen LogP contribution in [0.15, 0.2) is 248 Å². The van der Waals surface area contributed by atoms with Crippen molar-refractivity contribution in [1.29, 1.82) is 0 Å². The minimum atomic E-state index is 0.297. The smallest absolute Gasteiger partial charge is 0.0378 e. The summed E-state index contributed by atoms with van der Waals surface area (Å²) in [4.78, 5) is 0. The molecule has 1 unspecified atom stereocenters. The van der Waals surface area contributed by atoms with Crippen LogP contribution < -0.4 is 15.8 Å². The zero-order valence-corrected chi connectivity index (χ0v) is 40.2. The second-order valence-corrected chi connectivity index (χ2v) is 16.3. The van der Waals surface area contributed by atoms with Crippen LogP contribution in [0.25, 0.3) is 22.8 Å². The minimum absolute atomic E-state index is 0.297. The van der Waals surface area contributed by atoms with Crippen LogP contribution in [0.5, 0.6) is 0 Å². The molecule has 1 atom stereocenters.